The van der Waals surface area contributed by atoms with E-state index in [2.05, 4.69) is 66.2 Å². The number of benzene rings is 1. The summed E-state index contributed by atoms with van der Waals surface area (Å²) in [6, 6.07) is 14.5. The quantitative estimate of drug-likeness (QED) is 0.906. The van der Waals surface area contributed by atoms with Crippen LogP contribution in [0.4, 0.5) is 0 Å². The molecule has 1 aromatic heterocycles. The van der Waals surface area contributed by atoms with Crippen LogP contribution in [0.5, 0.6) is 0 Å². The second-order valence-electron chi connectivity index (χ2n) is 8.09. The number of rotatable bonds is 4. The number of pyridine rings is 1. The Kier molecular flexibility index (Phi) is 4.68. The van der Waals surface area contributed by atoms with Crippen LogP contribution in [0.15, 0.2) is 54.2 Å². The van der Waals surface area contributed by atoms with E-state index >= 15 is 0 Å². The molecule has 1 aliphatic carbocycles. The van der Waals surface area contributed by atoms with Crippen molar-refractivity contribution in [1.29, 1.82) is 0 Å². The molecule has 3 heteroatoms. The van der Waals surface area contributed by atoms with Crippen molar-refractivity contribution in [2.24, 2.45) is 11.8 Å². The third kappa shape index (κ3) is 3.22. The van der Waals surface area contributed by atoms with Crippen molar-refractivity contribution >= 4 is 6.08 Å². The number of aliphatic hydroxyl groups is 1. The lowest BCUT2D eigenvalue weighted by Gasteiger charge is -2.31. The van der Waals surface area contributed by atoms with Crippen LogP contribution in [-0.2, 0) is 5.60 Å². The summed E-state index contributed by atoms with van der Waals surface area (Å²) in [6.45, 7) is 7.28. The van der Waals surface area contributed by atoms with Gasteiger partial charge in [0.05, 0.1) is 5.69 Å². The van der Waals surface area contributed by atoms with Crippen LogP contribution in [0.3, 0.4) is 0 Å². The normalized spacial score (nSPS) is 29.1. The molecule has 0 unspecified atom stereocenters. The molecule has 136 valence electrons. The molecule has 0 radical (unpaired) electrons. The van der Waals surface area contributed by atoms with Crippen molar-refractivity contribution in [2.75, 3.05) is 19.6 Å². The average Bonchev–Trinajstić information content (AvgIpc) is 3.16. The maximum absolute atomic E-state index is 11.5. The zero-order valence-electron chi connectivity index (χ0n) is 15.7. The Morgan fingerprint density at radius 2 is 2.04 bits per heavy atom. The lowest BCUT2D eigenvalue weighted by molar-refractivity contribution is -0.0108. The van der Waals surface area contributed by atoms with Crippen LogP contribution in [0.1, 0.15) is 36.6 Å². The molecule has 1 aromatic carbocycles. The lowest BCUT2D eigenvalue weighted by atomic mass is 9.83. The summed E-state index contributed by atoms with van der Waals surface area (Å²) in [5, 5.41) is 11.5. The van der Waals surface area contributed by atoms with Gasteiger partial charge in [-0.2, -0.15) is 0 Å². The van der Waals surface area contributed by atoms with Crippen molar-refractivity contribution in [3.05, 3.63) is 71.1 Å². The van der Waals surface area contributed by atoms with Crippen LogP contribution in [0.25, 0.3) is 6.08 Å². The molecule has 3 atom stereocenters. The van der Waals surface area contributed by atoms with Gasteiger partial charge in [-0.05, 0) is 49.8 Å². The minimum Gasteiger partial charge on any atom is -0.383 e. The maximum Gasteiger partial charge on any atom is 0.111 e. The summed E-state index contributed by atoms with van der Waals surface area (Å²) in [7, 11) is 0. The van der Waals surface area contributed by atoms with Gasteiger partial charge in [0, 0.05) is 31.7 Å². The minimum absolute atomic E-state index is 0.292. The van der Waals surface area contributed by atoms with Crippen molar-refractivity contribution in [3.8, 4) is 0 Å². The first kappa shape index (κ1) is 17.4. The highest BCUT2D eigenvalue weighted by molar-refractivity contribution is 5.52. The summed E-state index contributed by atoms with van der Waals surface area (Å²) < 4.78 is 0. The summed E-state index contributed by atoms with van der Waals surface area (Å²) >= 11 is 0. The summed E-state index contributed by atoms with van der Waals surface area (Å²) in [6.07, 6.45) is 6.01. The molecule has 1 saturated carbocycles. The molecule has 26 heavy (non-hydrogen) atoms. The van der Waals surface area contributed by atoms with E-state index in [4.69, 9.17) is 0 Å². The number of hydrogen-bond acceptors (Lipinski definition) is 3. The Morgan fingerprint density at radius 3 is 2.81 bits per heavy atom. The van der Waals surface area contributed by atoms with Gasteiger partial charge in [-0.15, -0.1) is 0 Å². The third-order valence-electron chi connectivity index (χ3n) is 6.13. The van der Waals surface area contributed by atoms with E-state index < -0.39 is 5.60 Å². The largest absolute Gasteiger partial charge is 0.383 e. The second-order valence-corrected chi connectivity index (χ2v) is 8.09. The molecule has 1 N–H and O–H groups in total. The van der Waals surface area contributed by atoms with E-state index in [-0.39, 0.29) is 0 Å². The first-order chi connectivity index (χ1) is 12.6. The van der Waals surface area contributed by atoms with Crippen molar-refractivity contribution in [2.45, 2.75) is 32.3 Å². The molecular weight excluding hydrogens is 320 g/mol. The fourth-order valence-electron chi connectivity index (χ4n) is 4.98. The van der Waals surface area contributed by atoms with Crippen LogP contribution in [0, 0.1) is 18.8 Å². The lowest BCUT2D eigenvalue weighted by Crippen LogP contribution is -2.36. The zero-order valence-corrected chi connectivity index (χ0v) is 15.7. The van der Waals surface area contributed by atoms with E-state index in [9.17, 15) is 5.11 Å². The van der Waals surface area contributed by atoms with Gasteiger partial charge in [0.25, 0.3) is 0 Å². The SMILES string of the molecule is C/C(=C\c1ccccc1)CN1C[C@H]2CC[C@](O)(c3ncccc3C)[C@H]2C1. The topological polar surface area (TPSA) is 36.4 Å². The molecule has 1 aliphatic heterocycles. The highest BCUT2D eigenvalue weighted by Crippen LogP contribution is 2.50. The monoisotopic (exact) mass is 348 g/mol. The minimum atomic E-state index is -0.762. The molecule has 0 spiro atoms. The van der Waals surface area contributed by atoms with Crippen LogP contribution in [0.2, 0.25) is 0 Å². The van der Waals surface area contributed by atoms with E-state index in [1.165, 1.54) is 11.1 Å². The van der Waals surface area contributed by atoms with Crippen LogP contribution < -0.4 is 0 Å². The van der Waals surface area contributed by atoms with E-state index in [1.54, 1.807) is 0 Å². The average molecular weight is 348 g/mol. The predicted octanol–water partition coefficient (Wildman–Crippen LogP) is 4.02. The van der Waals surface area contributed by atoms with Gasteiger partial charge in [-0.25, -0.2) is 0 Å². The first-order valence-corrected chi connectivity index (χ1v) is 9.65. The molecule has 2 aromatic rings. The predicted molar refractivity (Wildman–Crippen MR) is 106 cm³/mol. The molecule has 2 fully saturated rings. The van der Waals surface area contributed by atoms with Gasteiger partial charge in [0.1, 0.15) is 5.60 Å². The van der Waals surface area contributed by atoms with E-state index in [1.807, 2.05) is 12.3 Å². The number of likely N-dealkylation sites (tertiary alicyclic amines) is 1. The van der Waals surface area contributed by atoms with Crippen molar-refractivity contribution < 1.29 is 5.11 Å². The smallest absolute Gasteiger partial charge is 0.111 e. The Balaban J connectivity index is 1.48. The molecular formula is C23H28N2O. The fraction of sp³-hybridized carbons (Fsp3) is 0.435. The first-order valence-electron chi connectivity index (χ1n) is 9.65. The highest BCUT2D eigenvalue weighted by Gasteiger charge is 2.53. The van der Waals surface area contributed by atoms with Crippen LogP contribution >= 0.6 is 0 Å². The molecule has 3 nitrogen and oxygen atoms in total. The molecule has 1 saturated heterocycles. The number of nitrogens with zero attached hydrogens (tertiary/aromatic N) is 2. The number of aryl methyl sites for hydroxylation is 1. The van der Waals surface area contributed by atoms with Crippen molar-refractivity contribution in [3.63, 3.8) is 0 Å². The Bertz CT molecular complexity index is 801. The number of fused-ring (bicyclic) bond motifs is 1. The van der Waals surface area contributed by atoms with Crippen LogP contribution in [-0.4, -0.2) is 34.6 Å². The van der Waals surface area contributed by atoms with Gasteiger partial charge in [0.2, 0.25) is 0 Å². The fourth-order valence-corrected chi connectivity index (χ4v) is 4.98. The van der Waals surface area contributed by atoms with Gasteiger partial charge >= 0.3 is 0 Å². The Hall–Kier alpha value is -1.97. The van der Waals surface area contributed by atoms with Gasteiger partial charge in [0.15, 0.2) is 0 Å². The van der Waals surface area contributed by atoms with Crippen molar-refractivity contribution in [1.82, 2.24) is 9.88 Å². The number of hydrogen-bond donors (Lipinski definition) is 1. The molecule has 4 rings (SSSR count). The molecule has 0 amide bonds. The standard InChI is InChI=1S/C23H28N2O/c1-17(13-19-8-4-3-5-9-19)14-25-15-20-10-11-23(26,21(20)16-25)22-18(2)7-6-12-24-22/h3-9,12-13,20-21,26H,10-11,14-16H2,1-2H3/b17-13+/t20-,21+,23-/m1/s1. The zero-order chi connectivity index (χ0) is 18.1. The Morgan fingerprint density at radius 1 is 1.23 bits per heavy atom. The van der Waals surface area contributed by atoms with Gasteiger partial charge in [-0.1, -0.05) is 48.0 Å². The maximum atomic E-state index is 11.5. The van der Waals surface area contributed by atoms with Gasteiger partial charge < -0.3 is 5.11 Å². The molecule has 2 aliphatic rings. The summed E-state index contributed by atoms with van der Waals surface area (Å²) in [4.78, 5) is 7.06. The van der Waals surface area contributed by atoms with Gasteiger partial charge in [-0.3, -0.25) is 9.88 Å². The summed E-state index contributed by atoms with van der Waals surface area (Å²) in [5.74, 6) is 0.867. The second kappa shape index (κ2) is 6.98. The number of aromatic nitrogens is 1. The Labute approximate surface area is 156 Å². The van der Waals surface area contributed by atoms with E-state index in [0.717, 1.165) is 43.7 Å². The van der Waals surface area contributed by atoms with E-state index in [0.29, 0.717) is 11.8 Å². The molecule has 2 heterocycles. The molecule has 0 bridgehead atoms. The highest BCUT2D eigenvalue weighted by atomic mass is 16.3. The summed E-state index contributed by atoms with van der Waals surface area (Å²) in [5.41, 5.74) is 3.86. The third-order valence-corrected chi connectivity index (χ3v) is 6.13.